The molecule has 1 saturated carbocycles. The van der Waals surface area contributed by atoms with Gasteiger partial charge in [-0.3, -0.25) is 4.72 Å². The number of hydrogen-bond donors (Lipinski definition) is 3. The first-order valence-electron chi connectivity index (χ1n) is 13.3. The Morgan fingerprint density at radius 2 is 1.87 bits per heavy atom. The van der Waals surface area contributed by atoms with Gasteiger partial charge in [0.15, 0.2) is 0 Å². The first kappa shape index (κ1) is 25.5. The minimum absolute atomic E-state index is 0.283. The van der Waals surface area contributed by atoms with Crippen molar-refractivity contribution < 1.29 is 13.2 Å². The van der Waals surface area contributed by atoms with Crippen LogP contribution in [0.2, 0.25) is 0 Å². The third-order valence-electron chi connectivity index (χ3n) is 7.56. The third kappa shape index (κ3) is 5.14. The van der Waals surface area contributed by atoms with Crippen molar-refractivity contribution in [3.8, 4) is 22.9 Å². The molecule has 4 aromatic rings. The fourth-order valence-electron chi connectivity index (χ4n) is 4.92. The standard InChI is InChI=1S/C29H32N6O3S/c1-19-17-25(35-39(36,37)29(2)12-13-29)21-8-3-4-9-22(21)26(19)38-27-23(10-6-15-31-27)24-11-16-32-28(34-24)33-20-7-5-14-30-18-20/h3-4,6,8-11,15-17,20,30,35H,5,7,12-14,18H2,1-2H3,(H,32,33,34)/t20-/m0/s1. The lowest BCUT2D eigenvalue weighted by Crippen LogP contribution is -2.38. The van der Waals surface area contributed by atoms with E-state index in [1.807, 2.05) is 55.5 Å². The van der Waals surface area contributed by atoms with Crippen LogP contribution in [-0.2, 0) is 10.0 Å². The van der Waals surface area contributed by atoms with E-state index in [9.17, 15) is 8.42 Å². The largest absolute Gasteiger partial charge is 0.437 e. The molecule has 0 bridgehead atoms. The van der Waals surface area contributed by atoms with Gasteiger partial charge in [0, 0.05) is 35.8 Å². The SMILES string of the molecule is Cc1cc(NS(=O)(=O)C2(C)CC2)c2ccccc2c1Oc1ncccc1-c1ccnc(N[C@H]2CCCNC2)n1. The molecule has 6 rings (SSSR count). The molecule has 39 heavy (non-hydrogen) atoms. The van der Waals surface area contributed by atoms with Crippen molar-refractivity contribution >= 4 is 32.4 Å². The van der Waals surface area contributed by atoms with Crippen molar-refractivity contribution in [1.82, 2.24) is 20.3 Å². The van der Waals surface area contributed by atoms with Crippen molar-refractivity contribution in [3.63, 3.8) is 0 Å². The first-order valence-corrected chi connectivity index (χ1v) is 14.8. The van der Waals surface area contributed by atoms with Gasteiger partial charge in [-0.05, 0) is 75.9 Å². The average Bonchev–Trinajstić information content (AvgIpc) is 3.71. The molecule has 0 radical (unpaired) electrons. The van der Waals surface area contributed by atoms with Crippen LogP contribution in [0, 0.1) is 6.92 Å². The lowest BCUT2D eigenvalue weighted by Gasteiger charge is -2.23. The fraction of sp³-hybridized carbons (Fsp3) is 0.345. The van der Waals surface area contributed by atoms with E-state index >= 15 is 0 Å². The Morgan fingerprint density at radius 3 is 2.64 bits per heavy atom. The van der Waals surface area contributed by atoms with Gasteiger partial charge in [0.1, 0.15) is 5.75 Å². The predicted molar refractivity (Wildman–Crippen MR) is 154 cm³/mol. The Kier molecular flexibility index (Phi) is 6.60. The van der Waals surface area contributed by atoms with Crippen LogP contribution in [0.5, 0.6) is 11.6 Å². The van der Waals surface area contributed by atoms with E-state index in [-0.39, 0.29) is 6.04 Å². The van der Waals surface area contributed by atoms with E-state index in [4.69, 9.17) is 9.72 Å². The summed E-state index contributed by atoms with van der Waals surface area (Å²) in [5.41, 5.74) is 2.77. The highest BCUT2D eigenvalue weighted by Crippen LogP contribution is 2.45. The second-order valence-electron chi connectivity index (χ2n) is 10.6. The number of aromatic nitrogens is 3. The summed E-state index contributed by atoms with van der Waals surface area (Å²) in [4.78, 5) is 13.7. The molecule has 2 aromatic carbocycles. The van der Waals surface area contributed by atoms with Gasteiger partial charge in [-0.1, -0.05) is 24.3 Å². The number of sulfonamides is 1. The summed E-state index contributed by atoms with van der Waals surface area (Å²) in [6, 6.07) is 15.4. The normalized spacial score (nSPS) is 18.5. The Labute approximate surface area is 228 Å². The molecule has 2 aromatic heterocycles. The monoisotopic (exact) mass is 544 g/mol. The smallest absolute Gasteiger partial charge is 0.238 e. The zero-order chi connectivity index (χ0) is 27.0. The molecule has 10 heteroatoms. The summed E-state index contributed by atoms with van der Waals surface area (Å²) in [7, 11) is -3.50. The second-order valence-corrected chi connectivity index (χ2v) is 12.8. The molecule has 1 atom stereocenters. The summed E-state index contributed by atoms with van der Waals surface area (Å²) >= 11 is 0. The number of rotatable bonds is 8. The molecule has 2 aliphatic rings. The first-order chi connectivity index (χ1) is 18.8. The van der Waals surface area contributed by atoms with Crippen LogP contribution < -0.4 is 20.1 Å². The third-order valence-corrected chi connectivity index (χ3v) is 9.75. The molecular formula is C29H32N6O3S. The topological polar surface area (TPSA) is 118 Å². The van der Waals surface area contributed by atoms with Gasteiger partial charge in [-0.25, -0.2) is 23.4 Å². The maximum Gasteiger partial charge on any atom is 0.238 e. The summed E-state index contributed by atoms with van der Waals surface area (Å²) in [5.74, 6) is 1.60. The number of aryl methyl sites for hydroxylation is 1. The minimum atomic E-state index is -3.50. The highest BCUT2D eigenvalue weighted by Gasteiger charge is 2.50. The average molecular weight is 545 g/mol. The maximum absolute atomic E-state index is 13.0. The van der Waals surface area contributed by atoms with Gasteiger partial charge in [0.2, 0.25) is 21.9 Å². The minimum Gasteiger partial charge on any atom is -0.437 e. The highest BCUT2D eigenvalue weighted by molar-refractivity contribution is 7.94. The van der Waals surface area contributed by atoms with Crippen LogP contribution in [0.25, 0.3) is 22.0 Å². The molecule has 1 saturated heterocycles. The molecule has 0 amide bonds. The van der Waals surface area contributed by atoms with Gasteiger partial charge in [0.25, 0.3) is 0 Å². The number of anilines is 2. The number of hydrogen-bond acceptors (Lipinski definition) is 8. The van der Waals surface area contributed by atoms with Crippen molar-refractivity contribution in [2.24, 2.45) is 0 Å². The van der Waals surface area contributed by atoms with Gasteiger partial charge >= 0.3 is 0 Å². The van der Waals surface area contributed by atoms with Crippen molar-refractivity contribution in [2.75, 3.05) is 23.1 Å². The quantitative estimate of drug-likeness (QED) is 0.275. The number of pyridine rings is 1. The predicted octanol–water partition coefficient (Wildman–Crippen LogP) is 5.25. The molecule has 1 aliphatic carbocycles. The second kappa shape index (κ2) is 10.1. The van der Waals surface area contributed by atoms with Gasteiger partial charge in [0.05, 0.1) is 21.7 Å². The molecule has 9 nitrogen and oxygen atoms in total. The van der Waals surface area contributed by atoms with Crippen LogP contribution >= 0.6 is 0 Å². The Balaban J connectivity index is 1.34. The van der Waals surface area contributed by atoms with E-state index in [2.05, 4.69) is 25.3 Å². The molecule has 2 fully saturated rings. The highest BCUT2D eigenvalue weighted by atomic mass is 32.2. The molecule has 3 N–H and O–H groups in total. The zero-order valence-corrected chi connectivity index (χ0v) is 22.9. The maximum atomic E-state index is 13.0. The summed E-state index contributed by atoms with van der Waals surface area (Å²) in [6.07, 6.45) is 6.94. The molecule has 3 heterocycles. The van der Waals surface area contributed by atoms with Crippen LogP contribution in [-0.4, -0.2) is 47.2 Å². The number of ether oxygens (including phenoxy) is 1. The Bertz CT molecular complexity index is 1630. The Hall–Kier alpha value is -3.76. The van der Waals surface area contributed by atoms with E-state index in [0.717, 1.165) is 47.8 Å². The molecule has 0 unspecified atom stereocenters. The summed E-state index contributed by atoms with van der Waals surface area (Å²) < 4.78 is 34.6. The van der Waals surface area contributed by atoms with Gasteiger partial charge < -0.3 is 15.4 Å². The number of benzene rings is 2. The molecule has 202 valence electrons. The zero-order valence-electron chi connectivity index (χ0n) is 22.1. The van der Waals surface area contributed by atoms with E-state index in [1.165, 1.54) is 0 Å². The fourth-order valence-corrected chi connectivity index (χ4v) is 6.26. The number of piperidine rings is 1. The summed E-state index contributed by atoms with van der Waals surface area (Å²) in [5, 5.41) is 8.39. The van der Waals surface area contributed by atoms with E-state index < -0.39 is 14.8 Å². The molecule has 0 spiro atoms. The van der Waals surface area contributed by atoms with Gasteiger partial charge in [-0.2, -0.15) is 0 Å². The van der Waals surface area contributed by atoms with Gasteiger partial charge in [-0.15, -0.1) is 0 Å². The van der Waals surface area contributed by atoms with Crippen LogP contribution in [0.15, 0.2) is 60.9 Å². The van der Waals surface area contributed by atoms with Crippen LogP contribution in [0.3, 0.4) is 0 Å². The van der Waals surface area contributed by atoms with Crippen molar-refractivity contribution in [2.45, 2.75) is 50.3 Å². The number of fused-ring (bicyclic) bond motifs is 1. The molecule has 1 aliphatic heterocycles. The van der Waals surface area contributed by atoms with E-state index in [0.29, 0.717) is 41.8 Å². The number of nitrogens with zero attached hydrogens (tertiary/aromatic N) is 3. The van der Waals surface area contributed by atoms with E-state index in [1.54, 1.807) is 19.3 Å². The van der Waals surface area contributed by atoms with Crippen molar-refractivity contribution in [1.29, 1.82) is 0 Å². The van der Waals surface area contributed by atoms with Crippen molar-refractivity contribution in [3.05, 3.63) is 66.5 Å². The van der Waals surface area contributed by atoms with Crippen LogP contribution in [0.4, 0.5) is 11.6 Å². The Morgan fingerprint density at radius 1 is 1.05 bits per heavy atom. The number of nitrogens with one attached hydrogen (secondary N) is 3. The summed E-state index contributed by atoms with van der Waals surface area (Å²) in [6.45, 7) is 5.61. The lowest BCUT2D eigenvalue weighted by molar-refractivity contribution is 0.466. The lowest BCUT2D eigenvalue weighted by atomic mass is 10.0. The van der Waals surface area contributed by atoms with Crippen LogP contribution in [0.1, 0.15) is 38.2 Å². The molecular weight excluding hydrogens is 512 g/mol.